The fourth-order valence-corrected chi connectivity index (χ4v) is 4.19. The molecule has 0 saturated carbocycles. The number of fused-ring (bicyclic) bond motifs is 5. The zero-order chi connectivity index (χ0) is 21.5. The average Bonchev–Trinajstić information content (AvgIpc) is 3.15. The molecule has 0 aromatic carbocycles. The lowest BCUT2D eigenvalue weighted by Crippen LogP contribution is -2.56. The molecule has 3 aromatic rings. The minimum atomic E-state index is -0.365. The third-order valence-corrected chi connectivity index (χ3v) is 5.63. The molecular weight excluding hydrogens is 398 g/mol. The first-order valence-corrected chi connectivity index (χ1v) is 10.4. The number of aromatic amines is 1. The summed E-state index contributed by atoms with van der Waals surface area (Å²) in [6.45, 7) is 5.77. The molecular formula is C20H23N9O2. The first kappa shape index (κ1) is 19.2. The number of anilines is 3. The van der Waals surface area contributed by atoms with Crippen molar-refractivity contribution in [2.45, 2.75) is 32.7 Å². The van der Waals surface area contributed by atoms with Crippen LogP contribution < -0.4 is 20.4 Å². The Bertz CT molecular complexity index is 1170. The number of nitrogens with zero attached hydrogens (tertiary/aromatic N) is 6. The predicted molar refractivity (Wildman–Crippen MR) is 115 cm³/mol. The predicted octanol–water partition coefficient (Wildman–Crippen LogP) is 1.83. The van der Waals surface area contributed by atoms with E-state index in [0.717, 1.165) is 36.2 Å². The van der Waals surface area contributed by atoms with E-state index in [9.17, 15) is 9.59 Å². The quantitative estimate of drug-likeness (QED) is 0.588. The molecule has 160 valence electrons. The molecule has 0 radical (unpaired) electrons. The second-order valence-corrected chi connectivity index (χ2v) is 7.73. The van der Waals surface area contributed by atoms with Gasteiger partial charge in [0.25, 0.3) is 5.91 Å². The van der Waals surface area contributed by atoms with Gasteiger partial charge in [0.2, 0.25) is 5.82 Å². The van der Waals surface area contributed by atoms with Crippen molar-refractivity contribution in [1.29, 1.82) is 0 Å². The van der Waals surface area contributed by atoms with Gasteiger partial charge in [-0.25, -0.2) is 19.7 Å². The Morgan fingerprint density at radius 3 is 3.00 bits per heavy atom. The van der Waals surface area contributed by atoms with Crippen LogP contribution in [0.3, 0.4) is 0 Å². The Morgan fingerprint density at radius 2 is 2.16 bits per heavy atom. The van der Waals surface area contributed by atoms with Crippen molar-refractivity contribution in [3.8, 4) is 0 Å². The summed E-state index contributed by atoms with van der Waals surface area (Å²) in [6.07, 6.45) is 3.44. The number of hydrogen-bond acceptors (Lipinski definition) is 7. The highest BCUT2D eigenvalue weighted by molar-refractivity contribution is 6.07. The van der Waals surface area contributed by atoms with Gasteiger partial charge in [0.05, 0.1) is 23.3 Å². The SMILES string of the molecule is CCNC(=O)c1ncc2c(n1)N(C(=O)Nc1n[nH]c3nc(C)ccc13)C1CCCN2C1. The molecule has 0 aliphatic carbocycles. The number of hydrogen-bond donors (Lipinski definition) is 3. The Balaban J connectivity index is 1.51. The highest BCUT2D eigenvalue weighted by Crippen LogP contribution is 2.37. The second kappa shape index (κ2) is 7.49. The van der Waals surface area contributed by atoms with E-state index in [0.29, 0.717) is 30.4 Å². The molecule has 3 amide bonds. The zero-order valence-electron chi connectivity index (χ0n) is 17.3. The lowest BCUT2D eigenvalue weighted by Gasteiger charge is -2.45. The van der Waals surface area contributed by atoms with Crippen LogP contribution in [0.15, 0.2) is 18.3 Å². The van der Waals surface area contributed by atoms with Gasteiger partial charge in [-0.2, -0.15) is 5.10 Å². The summed E-state index contributed by atoms with van der Waals surface area (Å²) in [4.78, 5) is 42.6. The van der Waals surface area contributed by atoms with Gasteiger partial charge in [-0.3, -0.25) is 20.1 Å². The zero-order valence-corrected chi connectivity index (χ0v) is 17.3. The molecule has 1 saturated heterocycles. The Hall–Kier alpha value is -3.76. The second-order valence-electron chi connectivity index (χ2n) is 7.73. The summed E-state index contributed by atoms with van der Waals surface area (Å²) in [7, 11) is 0. The number of amides is 3. The fourth-order valence-electron chi connectivity index (χ4n) is 4.19. The molecule has 0 spiro atoms. The van der Waals surface area contributed by atoms with Crippen LogP contribution in [-0.4, -0.2) is 62.8 Å². The van der Waals surface area contributed by atoms with Crippen molar-refractivity contribution in [2.24, 2.45) is 0 Å². The van der Waals surface area contributed by atoms with E-state index in [2.05, 4.69) is 40.7 Å². The Labute approximate surface area is 178 Å². The minimum absolute atomic E-state index is 0.0458. The fraction of sp³-hybridized carbons (Fsp3) is 0.400. The molecule has 1 unspecified atom stereocenters. The van der Waals surface area contributed by atoms with Gasteiger partial charge in [0.15, 0.2) is 17.3 Å². The minimum Gasteiger partial charge on any atom is -0.365 e. The number of aromatic nitrogens is 5. The molecule has 3 aromatic heterocycles. The van der Waals surface area contributed by atoms with E-state index in [1.54, 1.807) is 11.1 Å². The summed E-state index contributed by atoms with van der Waals surface area (Å²) in [6, 6.07) is 3.35. The molecule has 11 nitrogen and oxygen atoms in total. The van der Waals surface area contributed by atoms with Crippen molar-refractivity contribution in [3.05, 3.63) is 29.8 Å². The van der Waals surface area contributed by atoms with Gasteiger partial charge in [0, 0.05) is 25.3 Å². The summed E-state index contributed by atoms with van der Waals surface area (Å²) < 4.78 is 0. The van der Waals surface area contributed by atoms with E-state index >= 15 is 0 Å². The maximum Gasteiger partial charge on any atom is 0.329 e. The third kappa shape index (κ3) is 3.31. The van der Waals surface area contributed by atoms with Gasteiger partial charge in [-0.15, -0.1) is 0 Å². The Kier molecular flexibility index (Phi) is 4.64. The normalized spacial score (nSPS) is 17.4. The third-order valence-electron chi connectivity index (χ3n) is 5.63. The van der Waals surface area contributed by atoms with E-state index in [1.165, 1.54) is 0 Å². The maximum atomic E-state index is 13.4. The van der Waals surface area contributed by atoms with Crippen molar-refractivity contribution < 1.29 is 9.59 Å². The number of urea groups is 1. The van der Waals surface area contributed by atoms with Crippen LogP contribution in [0.25, 0.3) is 11.0 Å². The smallest absolute Gasteiger partial charge is 0.329 e. The molecule has 2 aliphatic heterocycles. The highest BCUT2D eigenvalue weighted by Gasteiger charge is 2.39. The van der Waals surface area contributed by atoms with Crippen LogP contribution in [0.1, 0.15) is 36.1 Å². The maximum absolute atomic E-state index is 13.4. The number of carbonyl (C=O) groups excluding carboxylic acids is 2. The average molecular weight is 421 g/mol. The molecule has 5 heterocycles. The number of aryl methyl sites for hydroxylation is 1. The van der Waals surface area contributed by atoms with Crippen LogP contribution in [-0.2, 0) is 0 Å². The lowest BCUT2D eigenvalue weighted by atomic mass is 10.0. The molecule has 1 fully saturated rings. The number of piperidine rings is 1. The molecule has 2 aliphatic rings. The van der Waals surface area contributed by atoms with E-state index in [1.807, 2.05) is 26.0 Å². The van der Waals surface area contributed by atoms with Crippen molar-refractivity contribution in [1.82, 2.24) is 30.5 Å². The molecule has 31 heavy (non-hydrogen) atoms. The summed E-state index contributed by atoms with van der Waals surface area (Å²) in [5, 5.41) is 13.4. The van der Waals surface area contributed by atoms with E-state index < -0.39 is 0 Å². The summed E-state index contributed by atoms with van der Waals surface area (Å²) >= 11 is 0. The van der Waals surface area contributed by atoms with E-state index in [4.69, 9.17) is 0 Å². The molecule has 11 heteroatoms. The van der Waals surface area contributed by atoms with Gasteiger partial charge < -0.3 is 10.2 Å². The van der Waals surface area contributed by atoms with Crippen molar-refractivity contribution >= 4 is 40.3 Å². The summed E-state index contributed by atoms with van der Waals surface area (Å²) in [5.41, 5.74) is 2.22. The standard InChI is InChI=1S/C20H23N9O2/c1-3-21-19(30)17-22-9-14-18(24-17)29(12-5-4-8-28(14)10-12)20(31)25-16-13-7-6-11(2)23-15(13)26-27-16/h6-7,9,12H,3-5,8,10H2,1-2H3,(H,21,30)(H2,23,25,26,27,31). The van der Waals surface area contributed by atoms with Gasteiger partial charge in [-0.05, 0) is 38.8 Å². The lowest BCUT2D eigenvalue weighted by molar-refractivity contribution is 0.0945. The number of rotatable bonds is 3. The number of carbonyl (C=O) groups is 2. The van der Waals surface area contributed by atoms with Gasteiger partial charge in [0.1, 0.15) is 0 Å². The molecule has 3 N–H and O–H groups in total. The van der Waals surface area contributed by atoms with Gasteiger partial charge >= 0.3 is 6.03 Å². The Morgan fingerprint density at radius 1 is 1.29 bits per heavy atom. The van der Waals surface area contributed by atoms with E-state index in [-0.39, 0.29) is 23.8 Å². The topological polar surface area (TPSA) is 132 Å². The van der Waals surface area contributed by atoms with Crippen LogP contribution >= 0.6 is 0 Å². The molecule has 2 bridgehead atoms. The molecule has 1 atom stereocenters. The van der Waals surface area contributed by atoms with Gasteiger partial charge in [-0.1, -0.05) is 0 Å². The monoisotopic (exact) mass is 421 g/mol. The summed E-state index contributed by atoms with van der Waals surface area (Å²) in [5.74, 6) is 0.532. The highest BCUT2D eigenvalue weighted by atomic mass is 16.2. The number of pyridine rings is 1. The van der Waals surface area contributed by atoms with Crippen LogP contribution in [0.5, 0.6) is 0 Å². The number of H-pyrrole nitrogens is 1. The molecule has 5 rings (SSSR count). The van der Waals surface area contributed by atoms with Crippen LogP contribution in [0.2, 0.25) is 0 Å². The first-order valence-electron chi connectivity index (χ1n) is 10.4. The van der Waals surface area contributed by atoms with Crippen LogP contribution in [0, 0.1) is 6.92 Å². The van der Waals surface area contributed by atoms with Crippen molar-refractivity contribution in [3.63, 3.8) is 0 Å². The van der Waals surface area contributed by atoms with Crippen molar-refractivity contribution in [2.75, 3.05) is 34.8 Å². The largest absolute Gasteiger partial charge is 0.365 e. The number of nitrogens with one attached hydrogen (secondary N) is 3. The first-order chi connectivity index (χ1) is 15.0. The van der Waals surface area contributed by atoms with Crippen LogP contribution in [0.4, 0.5) is 22.1 Å².